The second-order valence-electron chi connectivity index (χ2n) is 5.09. The number of hydrogen-bond donors (Lipinski definition) is 2. The van der Waals surface area contributed by atoms with Crippen molar-refractivity contribution in [2.24, 2.45) is 11.7 Å². The Kier molecular flexibility index (Phi) is 5.08. The molecule has 0 saturated carbocycles. The molecule has 0 radical (unpaired) electrons. The number of carbonyl (C=O) groups is 2. The summed E-state index contributed by atoms with van der Waals surface area (Å²) in [6.07, 6.45) is 1.49. The molecular formula is C13H20N4O2S. The molecule has 1 aromatic heterocycles. The number of thiazole rings is 1. The maximum Gasteiger partial charge on any atom is 0.234 e. The van der Waals surface area contributed by atoms with Crippen LogP contribution in [-0.4, -0.2) is 41.3 Å². The summed E-state index contributed by atoms with van der Waals surface area (Å²) < 4.78 is 0. The van der Waals surface area contributed by atoms with Crippen molar-refractivity contribution in [2.45, 2.75) is 26.3 Å². The molecule has 6 nitrogen and oxygen atoms in total. The summed E-state index contributed by atoms with van der Waals surface area (Å²) >= 11 is 1.58. The average Bonchev–Trinajstić information content (AvgIpc) is 2.83. The van der Waals surface area contributed by atoms with Gasteiger partial charge in [-0.2, -0.15) is 0 Å². The SMILES string of the molecule is Cc1nc(CNC(=O)CN2CCC(C(N)=O)CC2)cs1. The van der Waals surface area contributed by atoms with Crippen LogP contribution in [0, 0.1) is 12.8 Å². The summed E-state index contributed by atoms with van der Waals surface area (Å²) in [5.74, 6) is -0.270. The first-order valence-corrected chi connectivity index (χ1v) is 7.62. The fraction of sp³-hybridized carbons (Fsp3) is 0.615. The van der Waals surface area contributed by atoms with Gasteiger partial charge in [-0.15, -0.1) is 11.3 Å². The molecule has 110 valence electrons. The highest BCUT2D eigenvalue weighted by Gasteiger charge is 2.23. The number of nitrogens with two attached hydrogens (primary N) is 1. The van der Waals surface area contributed by atoms with Crippen molar-refractivity contribution < 1.29 is 9.59 Å². The van der Waals surface area contributed by atoms with Gasteiger partial charge in [0.25, 0.3) is 0 Å². The van der Waals surface area contributed by atoms with Crippen LogP contribution >= 0.6 is 11.3 Å². The summed E-state index contributed by atoms with van der Waals surface area (Å²) in [4.78, 5) is 29.3. The van der Waals surface area contributed by atoms with E-state index in [0.29, 0.717) is 13.1 Å². The summed E-state index contributed by atoms with van der Waals surface area (Å²) in [7, 11) is 0. The monoisotopic (exact) mass is 296 g/mol. The van der Waals surface area contributed by atoms with Crippen molar-refractivity contribution in [3.05, 3.63) is 16.1 Å². The highest BCUT2D eigenvalue weighted by atomic mass is 32.1. The number of nitrogens with zero attached hydrogens (tertiary/aromatic N) is 2. The largest absolute Gasteiger partial charge is 0.369 e. The lowest BCUT2D eigenvalue weighted by Gasteiger charge is -2.29. The molecule has 1 aliphatic rings. The zero-order chi connectivity index (χ0) is 14.5. The highest BCUT2D eigenvalue weighted by Crippen LogP contribution is 2.16. The van der Waals surface area contributed by atoms with E-state index in [1.165, 1.54) is 0 Å². The minimum absolute atomic E-state index is 0.00632. The number of aryl methyl sites for hydroxylation is 1. The number of hydrogen-bond acceptors (Lipinski definition) is 5. The van der Waals surface area contributed by atoms with Crippen molar-refractivity contribution >= 4 is 23.2 Å². The van der Waals surface area contributed by atoms with Gasteiger partial charge >= 0.3 is 0 Å². The maximum atomic E-state index is 11.8. The number of rotatable bonds is 5. The van der Waals surface area contributed by atoms with Crippen LogP contribution in [-0.2, 0) is 16.1 Å². The molecule has 2 heterocycles. The molecule has 1 fully saturated rings. The van der Waals surface area contributed by atoms with Crippen molar-refractivity contribution in [2.75, 3.05) is 19.6 Å². The fourth-order valence-corrected chi connectivity index (χ4v) is 2.93. The van der Waals surface area contributed by atoms with E-state index in [2.05, 4.69) is 15.2 Å². The first kappa shape index (κ1) is 14.9. The second kappa shape index (κ2) is 6.81. The van der Waals surface area contributed by atoms with Gasteiger partial charge in [0.05, 0.1) is 23.8 Å². The van der Waals surface area contributed by atoms with Gasteiger partial charge in [-0.1, -0.05) is 0 Å². The Bertz CT molecular complexity index is 480. The van der Waals surface area contributed by atoms with E-state index in [4.69, 9.17) is 5.73 Å². The van der Waals surface area contributed by atoms with Gasteiger partial charge in [-0.25, -0.2) is 4.98 Å². The average molecular weight is 296 g/mol. The number of piperidine rings is 1. The Balaban J connectivity index is 1.69. The van der Waals surface area contributed by atoms with E-state index in [9.17, 15) is 9.59 Å². The number of likely N-dealkylation sites (tertiary alicyclic amines) is 1. The molecule has 0 unspecified atom stereocenters. The molecule has 0 bridgehead atoms. The van der Waals surface area contributed by atoms with Crippen LogP contribution in [0.5, 0.6) is 0 Å². The molecule has 3 N–H and O–H groups in total. The molecule has 7 heteroatoms. The Morgan fingerprint density at radius 2 is 2.20 bits per heavy atom. The number of amides is 2. The smallest absolute Gasteiger partial charge is 0.234 e. The minimum atomic E-state index is -0.229. The van der Waals surface area contributed by atoms with Gasteiger partial charge in [-0.3, -0.25) is 14.5 Å². The first-order valence-electron chi connectivity index (χ1n) is 6.74. The fourth-order valence-electron chi connectivity index (χ4n) is 2.31. The lowest BCUT2D eigenvalue weighted by molar-refractivity contribution is -0.124. The second-order valence-corrected chi connectivity index (χ2v) is 6.15. The van der Waals surface area contributed by atoms with Crippen molar-refractivity contribution in [1.29, 1.82) is 0 Å². The predicted molar refractivity (Wildman–Crippen MR) is 77.1 cm³/mol. The molecule has 2 rings (SSSR count). The standard InChI is InChI=1S/C13H20N4O2S/c1-9-16-11(8-20-9)6-15-12(18)7-17-4-2-10(3-5-17)13(14)19/h8,10H,2-7H2,1H3,(H2,14,19)(H,15,18). The van der Waals surface area contributed by atoms with Crippen LogP contribution in [0.25, 0.3) is 0 Å². The van der Waals surface area contributed by atoms with E-state index in [1.807, 2.05) is 12.3 Å². The molecule has 1 aliphatic heterocycles. The van der Waals surface area contributed by atoms with Gasteiger partial charge in [0.2, 0.25) is 11.8 Å². The zero-order valence-corrected chi connectivity index (χ0v) is 12.4. The van der Waals surface area contributed by atoms with Crippen LogP contribution in [0.1, 0.15) is 23.5 Å². The van der Waals surface area contributed by atoms with Gasteiger partial charge in [0, 0.05) is 11.3 Å². The minimum Gasteiger partial charge on any atom is -0.369 e. The molecule has 20 heavy (non-hydrogen) atoms. The van der Waals surface area contributed by atoms with Crippen LogP contribution in [0.2, 0.25) is 0 Å². The number of primary amides is 1. The van der Waals surface area contributed by atoms with Gasteiger partial charge in [0.1, 0.15) is 0 Å². The van der Waals surface area contributed by atoms with Gasteiger partial charge in [-0.05, 0) is 32.9 Å². The molecule has 0 atom stereocenters. The van der Waals surface area contributed by atoms with Gasteiger partial charge < -0.3 is 11.1 Å². The lowest BCUT2D eigenvalue weighted by atomic mass is 9.96. The summed E-state index contributed by atoms with van der Waals surface area (Å²) in [6.45, 7) is 4.28. The molecule has 1 saturated heterocycles. The van der Waals surface area contributed by atoms with E-state index in [-0.39, 0.29) is 17.7 Å². The molecule has 0 aromatic carbocycles. The summed E-state index contributed by atoms with van der Waals surface area (Å²) in [6, 6.07) is 0. The van der Waals surface area contributed by atoms with Crippen molar-refractivity contribution in [3.63, 3.8) is 0 Å². The lowest BCUT2D eigenvalue weighted by Crippen LogP contribution is -2.43. The van der Waals surface area contributed by atoms with E-state index >= 15 is 0 Å². The Labute approximate surface area is 122 Å². The molecule has 0 aliphatic carbocycles. The topological polar surface area (TPSA) is 88.3 Å². The van der Waals surface area contributed by atoms with Crippen LogP contribution in [0.15, 0.2) is 5.38 Å². The third kappa shape index (κ3) is 4.28. The number of aromatic nitrogens is 1. The Morgan fingerprint density at radius 1 is 1.50 bits per heavy atom. The molecule has 1 aromatic rings. The Morgan fingerprint density at radius 3 is 2.75 bits per heavy atom. The quantitative estimate of drug-likeness (QED) is 0.816. The first-order chi connectivity index (χ1) is 9.54. The Hall–Kier alpha value is -1.47. The normalized spacial score (nSPS) is 17.1. The van der Waals surface area contributed by atoms with Gasteiger partial charge in [0.15, 0.2) is 0 Å². The maximum absolute atomic E-state index is 11.8. The van der Waals surface area contributed by atoms with E-state index in [0.717, 1.165) is 36.6 Å². The zero-order valence-electron chi connectivity index (χ0n) is 11.6. The van der Waals surface area contributed by atoms with Crippen LogP contribution in [0.3, 0.4) is 0 Å². The summed E-state index contributed by atoms with van der Waals surface area (Å²) in [5, 5.41) is 5.82. The predicted octanol–water partition coefficient (Wildman–Crippen LogP) is 0.265. The number of nitrogens with one attached hydrogen (secondary N) is 1. The van der Waals surface area contributed by atoms with Crippen LogP contribution < -0.4 is 11.1 Å². The molecule has 0 spiro atoms. The highest BCUT2D eigenvalue weighted by molar-refractivity contribution is 7.09. The van der Waals surface area contributed by atoms with Crippen molar-refractivity contribution in [3.8, 4) is 0 Å². The third-order valence-electron chi connectivity index (χ3n) is 3.49. The molecular weight excluding hydrogens is 276 g/mol. The number of carbonyl (C=O) groups excluding carboxylic acids is 2. The van der Waals surface area contributed by atoms with Crippen LogP contribution in [0.4, 0.5) is 0 Å². The van der Waals surface area contributed by atoms with E-state index in [1.54, 1.807) is 11.3 Å². The summed E-state index contributed by atoms with van der Waals surface area (Å²) in [5.41, 5.74) is 6.18. The van der Waals surface area contributed by atoms with E-state index < -0.39 is 0 Å². The third-order valence-corrected chi connectivity index (χ3v) is 4.31. The molecule has 2 amide bonds. The van der Waals surface area contributed by atoms with Crippen molar-refractivity contribution in [1.82, 2.24) is 15.2 Å².